The molecule has 2 aliphatic rings. The van der Waals surface area contributed by atoms with Crippen molar-refractivity contribution < 1.29 is 0 Å². The fourth-order valence-electron chi connectivity index (χ4n) is 3.17. The maximum absolute atomic E-state index is 3.45. The molecule has 1 atom stereocenters. The van der Waals surface area contributed by atoms with Gasteiger partial charge in [-0.05, 0) is 70.6 Å². The van der Waals surface area contributed by atoms with Gasteiger partial charge in [0.15, 0.2) is 0 Å². The third-order valence-electron chi connectivity index (χ3n) is 4.25. The number of piperidine rings is 1. The van der Waals surface area contributed by atoms with Gasteiger partial charge in [-0.25, -0.2) is 0 Å². The van der Waals surface area contributed by atoms with Crippen LogP contribution in [0.5, 0.6) is 0 Å². The van der Waals surface area contributed by atoms with E-state index < -0.39 is 0 Å². The van der Waals surface area contributed by atoms with E-state index in [9.17, 15) is 0 Å². The molecule has 0 bridgehead atoms. The molecule has 2 saturated heterocycles. The van der Waals surface area contributed by atoms with Crippen LogP contribution in [0, 0.1) is 5.92 Å². The largest absolute Gasteiger partial charge is 0.317 e. The minimum atomic E-state index is 0.909. The molecule has 0 radical (unpaired) electrons. The monoisotopic (exact) mass is 210 g/mol. The first-order chi connectivity index (χ1) is 7.40. The standard InChI is InChI=1S/C13H26N2/c1-2-13-4-3-10-15(13)11-7-12-5-8-14-9-6-12/h12-14H,2-11H2,1H3. The molecule has 0 amide bonds. The lowest BCUT2D eigenvalue weighted by molar-refractivity contribution is 0.217. The molecule has 2 nitrogen and oxygen atoms in total. The van der Waals surface area contributed by atoms with Gasteiger partial charge in [0.1, 0.15) is 0 Å². The molecule has 0 spiro atoms. The maximum Gasteiger partial charge on any atom is 0.00931 e. The Morgan fingerprint density at radius 3 is 2.73 bits per heavy atom. The van der Waals surface area contributed by atoms with E-state index in [0.717, 1.165) is 12.0 Å². The van der Waals surface area contributed by atoms with Gasteiger partial charge in [-0.3, -0.25) is 0 Å². The second-order valence-corrected chi connectivity index (χ2v) is 5.22. The number of hydrogen-bond donors (Lipinski definition) is 1. The molecule has 0 aromatic rings. The van der Waals surface area contributed by atoms with Crippen molar-refractivity contribution in [1.29, 1.82) is 0 Å². The van der Waals surface area contributed by atoms with Crippen molar-refractivity contribution in [3.8, 4) is 0 Å². The molecule has 0 aromatic heterocycles. The van der Waals surface area contributed by atoms with Crippen LogP contribution >= 0.6 is 0 Å². The highest BCUT2D eigenvalue weighted by molar-refractivity contribution is 4.79. The normalized spacial score (nSPS) is 29.8. The van der Waals surface area contributed by atoms with Crippen molar-refractivity contribution in [3.05, 3.63) is 0 Å². The van der Waals surface area contributed by atoms with Crippen molar-refractivity contribution in [1.82, 2.24) is 10.2 Å². The summed E-state index contributed by atoms with van der Waals surface area (Å²) in [6, 6.07) is 0.909. The molecular formula is C13H26N2. The maximum atomic E-state index is 3.45. The summed E-state index contributed by atoms with van der Waals surface area (Å²) in [6.07, 6.45) is 8.49. The van der Waals surface area contributed by atoms with Crippen LogP contribution in [0.1, 0.15) is 45.4 Å². The first-order valence-corrected chi connectivity index (χ1v) is 6.85. The second-order valence-electron chi connectivity index (χ2n) is 5.22. The average molecular weight is 210 g/mol. The van der Waals surface area contributed by atoms with Gasteiger partial charge < -0.3 is 10.2 Å². The highest BCUT2D eigenvalue weighted by atomic mass is 15.2. The molecule has 2 heterocycles. The van der Waals surface area contributed by atoms with Gasteiger partial charge in [0.05, 0.1) is 0 Å². The minimum absolute atomic E-state index is 0.909. The van der Waals surface area contributed by atoms with Gasteiger partial charge in [0.25, 0.3) is 0 Å². The molecule has 1 N–H and O–H groups in total. The quantitative estimate of drug-likeness (QED) is 0.765. The number of nitrogens with zero attached hydrogens (tertiary/aromatic N) is 1. The Balaban J connectivity index is 1.67. The first kappa shape index (κ1) is 11.4. The number of hydrogen-bond acceptors (Lipinski definition) is 2. The van der Waals surface area contributed by atoms with Crippen LogP contribution in [0.3, 0.4) is 0 Å². The van der Waals surface area contributed by atoms with E-state index in [1.165, 1.54) is 64.7 Å². The Bertz CT molecular complexity index is 175. The molecule has 0 aromatic carbocycles. The summed E-state index contributed by atoms with van der Waals surface area (Å²) < 4.78 is 0. The summed E-state index contributed by atoms with van der Waals surface area (Å²) >= 11 is 0. The SMILES string of the molecule is CCC1CCCN1CCC1CCNCC1. The Kier molecular flexibility index (Phi) is 4.45. The zero-order chi connectivity index (χ0) is 10.5. The Labute approximate surface area is 94.4 Å². The van der Waals surface area contributed by atoms with E-state index in [2.05, 4.69) is 17.1 Å². The van der Waals surface area contributed by atoms with E-state index in [0.29, 0.717) is 0 Å². The zero-order valence-corrected chi connectivity index (χ0v) is 10.2. The van der Waals surface area contributed by atoms with E-state index >= 15 is 0 Å². The molecular weight excluding hydrogens is 184 g/mol. The predicted molar refractivity (Wildman–Crippen MR) is 65.1 cm³/mol. The molecule has 15 heavy (non-hydrogen) atoms. The molecule has 2 heteroatoms. The van der Waals surface area contributed by atoms with E-state index in [1.54, 1.807) is 0 Å². The Hall–Kier alpha value is -0.0800. The van der Waals surface area contributed by atoms with Crippen LogP contribution in [0.2, 0.25) is 0 Å². The fourth-order valence-corrected chi connectivity index (χ4v) is 3.17. The van der Waals surface area contributed by atoms with Crippen molar-refractivity contribution in [3.63, 3.8) is 0 Å². The van der Waals surface area contributed by atoms with Crippen LogP contribution in [0.15, 0.2) is 0 Å². The molecule has 2 aliphatic heterocycles. The molecule has 2 fully saturated rings. The van der Waals surface area contributed by atoms with Gasteiger partial charge in [-0.15, -0.1) is 0 Å². The van der Waals surface area contributed by atoms with E-state index in [4.69, 9.17) is 0 Å². The molecule has 0 aliphatic carbocycles. The molecule has 0 saturated carbocycles. The van der Waals surface area contributed by atoms with Gasteiger partial charge in [-0.1, -0.05) is 6.92 Å². The molecule has 1 unspecified atom stereocenters. The Morgan fingerprint density at radius 2 is 2.00 bits per heavy atom. The van der Waals surface area contributed by atoms with Crippen LogP contribution in [-0.4, -0.2) is 37.1 Å². The van der Waals surface area contributed by atoms with Crippen molar-refractivity contribution in [2.45, 2.75) is 51.5 Å². The summed E-state index contributed by atoms with van der Waals surface area (Å²) in [5.41, 5.74) is 0. The summed E-state index contributed by atoms with van der Waals surface area (Å²) in [5.74, 6) is 1.00. The van der Waals surface area contributed by atoms with Crippen molar-refractivity contribution >= 4 is 0 Å². The Morgan fingerprint density at radius 1 is 1.20 bits per heavy atom. The minimum Gasteiger partial charge on any atom is -0.317 e. The van der Waals surface area contributed by atoms with Gasteiger partial charge >= 0.3 is 0 Å². The smallest absolute Gasteiger partial charge is 0.00931 e. The average Bonchev–Trinajstić information content (AvgIpc) is 2.75. The summed E-state index contributed by atoms with van der Waals surface area (Å²) in [4.78, 5) is 2.74. The first-order valence-electron chi connectivity index (χ1n) is 6.85. The third kappa shape index (κ3) is 3.18. The lowest BCUT2D eigenvalue weighted by atomic mass is 9.94. The molecule has 2 rings (SSSR count). The van der Waals surface area contributed by atoms with E-state index in [-0.39, 0.29) is 0 Å². The summed E-state index contributed by atoms with van der Waals surface area (Å²) in [6.45, 7) is 7.57. The number of likely N-dealkylation sites (tertiary alicyclic amines) is 1. The van der Waals surface area contributed by atoms with Gasteiger partial charge in [0.2, 0.25) is 0 Å². The highest BCUT2D eigenvalue weighted by Crippen LogP contribution is 2.23. The highest BCUT2D eigenvalue weighted by Gasteiger charge is 2.23. The summed E-state index contributed by atoms with van der Waals surface area (Å²) in [5, 5.41) is 3.45. The van der Waals surface area contributed by atoms with Crippen LogP contribution in [-0.2, 0) is 0 Å². The van der Waals surface area contributed by atoms with Crippen LogP contribution in [0.4, 0.5) is 0 Å². The fraction of sp³-hybridized carbons (Fsp3) is 1.00. The summed E-state index contributed by atoms with van der Waals surface area (Å²) in [7, 11) is 0. The van der Waals surface area contributed by atoms with Gasteiger partial charge in [-0.2, -0.15) is 0 Å². The topological polar surface area (TPSA) is 15.3 Å². The lowest BCUT2D eigenvalue weighted by Crippen LogP contribution is -2.33. The number of rotatable bonds is 4. The predicted octanol–water partition coefficient (Wildman–Crippen LogP) is 2.25. The van der Waals surface area contributed by atoms with Crippen LogP contribution < -0.4 is 5.32 Å². The second kappa shape index (κ2) is 5.86. The number of nitrogens with one attached hydrogen (secondary N) is 1. The lowest BCUT2D eigenvalue weighted by Gasteiger charge is -2.28. The zero-order valence-electron chi connectivity index (χ0n) is 10.2. The third-order valence-corrected chi connectivity index (χ3v) is 4.25. The van der Waals surface area contributed by atoms with E-state index in [1.807, 2.05) is 0 Å². The van der Waals surface area contributed by atoms with Crippen molar-refractivity contribution in [2.24, 2.45) is 5.92 Å². The van der Waals surface area contributed by atoms with Crippen molar-refractivity contribution in [2.75, 3.05) is 26.2 Å². The molecule has 88 valence electrons. The van der Waals surface area contributed by atoms with Crippen LogP contribution in [0.25, 0.3) is 0 Å². The van der Waals surface area contributed by atoms with Gasteiger partial charge in [0, 0.05) is 6.04 Å².